The van der Waals surface area contributed by atoms with E-state index in [1.807, 2.05) is 37.3 Å². The molecule has 1 aromatic heterocycles. The fourth-order valence-electron chi connectivity index (χ4n) is 3.76. The maximum absolute atomic E-state index is 13.6. The van der Waals surface area contributed by atoms with Gasteiger partial charge in [-0.25, -0.2) is 8.42 Å². The average Bonchev–Trinajstić information content (AvgIpc) is 3.07. The Morgan fingerprint density at radius 1 is 0.967 bits per heavy atom. The van der Waals surface area contributed by atoms with Crippen LogP contribution in [0.2, 0.25) is 5.02 Å². The Kier molecular flexibility index (Phi) is 5.26. The van der Waals surface area contributed by atoms with E-state index in [2.05, 4.69) is 0 Å². The number of nitrogens with zero attached hydrogens (tertiary/aromatic N) is 1. The van der Waals surface area contributed by atoms with E-state index in [1.54, 1.807) is 47.0 Å². The Bertz CT molecular complexity index is 1360. The molecule has 0 unspecified atom stereocenters. The molecule has 0 saturated heterocycles. The molecule has 0 fully saturated rings. The fraction of sp³-hybridized carbons (Fsp3) is 0.125. The number of rotatable bonds is 4. The molecule has 4 aromatic rings. The molecule has 0 radical (unpaired) electrons. The van der Waals surface area contributed by atoms with Crippen LogP contribution in [-0.2, 0) is 16.3 Å². The first-order chi connectivity index (χ1) is 14.3. The van der Waals surface area contributed by atoms with Gasteiger partial charge in [-0.05, 0) is 60.0 Å². The molecular weight excluding hydrogens is 418 g/mol. The number of halogens is 1. The summed E-state index contributed by atoms with van der Waals surface area (Å²) in [5, 5.41) is 1.32. The van der Waals surface area contributed by atoms with Crippen molar-refractivity contribution in [3.8, 4) is 11.3 Å². The molecule has 3 aromatic carbocycles. The van der Waals surface area contributed by atoms with Crippen LogP contribution in [0.5, 0.6) is 0 Å². The van der Waals surface area contributed by atoms with Gasteiger partial charge in [0.1, 0.15) is 0 Å². The van der Waals surface area contributed by atoms with Gasteiger partial charge in [0.05, 0.1) is 16.1 Å². The molecule has 0 aliphatic carbocycles. The van der Waals surface area contributed by atoms with Gasteiger partial charge in [-0.15, -0.1) is 0 Å². The lowest BCUT2D eigenvalue weighted by Gasteiger charge is -2.11. The summed E-state index contributed by atoms with van der Waals surface area (Å²) in [6, 6.07) is 21.4. The van der Waals surface area contributed by atoms with Crippen molar-refractivity contribution < 1.29 is 13.2 Å². The Hall–Kier alpha value is -2.89. The highest BCUT2D eigenvalue weighted by Crippen LogP contribution is 2.36. The van der Waals surface area contributed by atoms with Crippen LogP contribution in [0.3, 0.4) is 0 Å². The zero-order chi connectivity index (χ0) is 21.5. The number of hydrogen-bond donors (Lipinski definition) is 0. The zero-order valence-corrected chi connectivity index (χ0v) is 18.2. The van der Waals surface area contributed by atoms with E-state index in [4.69, 9.17) is 11.6 Å². The highest BCUT2D eigenvalue weighted by Gasteiger charge is 2.24. The van der Waals surface area contributed by atoms with Gasteiger partial charge in [0.15, 0.2) is 9.84 Å². The Balaban J connectivity index is 2.09. The van der Waals surface area contributed by atoms with E-state index in [9.17, 15) is 13.2 Å². The zero-order valence-electron chi connectivity index (χ0n) is 16.6. The number of aryl methyl sites for hydroxylation is 1. The van der Waals surface area contributed by atoms with Crippen molar-refractivity contribution in [1.82, 2.24) is 4.57 Å². The SMILES string of the molecule is CCc1c(-c2ccccc2)n(C(=O)c2ccc(Cl)cc2)c2ccc(S(C)(=O)=O)cc12. The molecule has 152 valence electrons. The van der Waals surface area contributed by atoms with Crippen molar-refractivity contribution in [2.75, 3.05) is 6.26 Å². The van der Waals surface area contributed by atoms with Gasteiger partial charge in [-0.3, -0.25) is 9.36 Å². The van der Waals surface area contributed by atoms with Gasteiger partial charge < -0.3 is 0 Å². The predicted octanol–water partition coefficient (Wildman–Crippen LogP) is 5.62. The quantitative estimate of drug-likeness (QED) is 0.416. The third-order valence-electron chi connectivity index (χ3n) is 5.17. The van der Waals surface area contributed by atoms with Crippen LogP contribution in [-0.4, -0.2) is 25.1 Å². The molecule has 1 heterocycles. The molecule has 0 amide bonds. The second kappa shape index (κ2) is 7.74. The molecular formula is C24H20ClNO3S. The average molecular weight is 438 g/mol. The van der Waals surface area contributed by atoms with E-state index < -0.39 is 9.84 Å². The van der Waals surface area contributed by atoms with Crippen LogP contribution in [0.25, 0.3) is 22.2 Å². The van der Waals surface area contributed by atoms with Crippen molar-refractivity contribution in [2.45, 2.75) is 18.2 Å². The monoisotopic (exact) mass is 437 g/mol. The van der Waals surface area contributed by atoms with Gasteiger partial charge in [-0.1, -0.05) is 48.9 Å². The number of carbonyl (C=O) groups is 1. The predicted molar refractivity (Wildman–Crippen MR) is 121 cm³/mol. The number of fused-ring (bicyclic) bond motifs is 1. The summed E-state index contributed by atoms with van der Waals surface area (Å²) in [5.41, 5.74) is 3.79. The second-order valence-electron chi connectivity index (χ2n) is 7.15. The van der Waals surface area contributed by atoms with Gasteiger partial charge in [0.25, 0.3) is 5.91 Å². The molecule has 30 heavy (non-hydrogen) atoms. The van der Waals surface area contributed by atoms with Crippen molar-refractivity contribution in [3.05, 3.63) is 88.9 Å². The molecule has 0 aliphatic heterocycles. The minimum Gasteiger partial charge on any atom is -0.275 e. The summed E-state index contributed by atoms with van der Waals surface area (Å²) in [6.45, 7) is 2.01. The van der Waals surface area contributed by atoms with E-state index in [-0.39, 0.29) is 10.8 Å². The molecule has 4 rings (SSSR count). The van der Waals surface area contributed by atoms with Crippen molar-refractivity contribution in [3.63, 3.8) is 0 Å². The maximum Gasteiger partial charge on any atom is 0.262 e. The lowest BCUT2D eigenvalue weighted by molar-refractivity contribution is 0.0966. The summed E-state index contributed by atoms with van der Waals surface area (Å²) in [7, 11) is -3.37. The Morgan fingerprint density at radius 2 is 1.63 bits per heavy atom. The third kappa shape index (κ3) is 3.55. The molecule has 4 nitrogen and oxygen atoms in total. The number of aromatic nitrogens is 1. The lowest BCUT2D eigenvalue weighted by Crippen LogP contribution is -2.13. The molecule has 0 aliphatic rings. The highest BCUT2D eigenvalue weighted by molar-refractivity contribution is 7.90. The van der Waals surface area contributed by atoms with Crippen molar-refractivity contribution in [1.29, 1.82) is 0 Å². The van der Waals surface area contributed by atoms with Gasteiger partial charge in [0, 0.05) is 22.2 Å². The number of sulfone groups is 1. The second-order valence-corrected chi connectivity index (χ2v) is 9.60. The summed E-state index contributed by atoms with van der Waals surface area (Å²) >= 11 is 6.00. The first-order valence-electron chi connectivity index (χ1n) is 9.54. The lowest BCUT2D eigenvalue weighted by atomic mass is 10.0. The largest absolute Gasteiger partial charge is 0.275 e. The Morgan fingerprint density at radius 3 is 2.23 bits per heavy atom. The molecule has 0 saturated carbocycles. The van der Waals surface area contributed by atoms with E-state index in [0.29, 0.717) is 22.5 Å². The normalized spacial score (nSPS) is 11.7. The van der Waals surface area contributed by atoms with Crippen LogP contribution in [0, 0.1) is 0 Å². The highest BCUT2D eigenvalue weighted by atomic mass is 35.5. The van der Waals surface area contributed by atoms with Crippen LogP contribution in [0.4, 0.5) is 0 Å². The smallest absolute Gasteiger partial charge is 0.262 e. The number of carbonyl (C=O) groups excluding carboxylic acids is 1. The first kappa shape index (κ1) is 20.4. The summed E-state index contributed by atoms with van der Waals surface area (Å²) in [4.78, 5) is 13.8. The van der Waals surface area contributed by atoms with Crippen LogP contribution >= 0.6 is 11.6 Å². The summed E-state index contributed by atoms with van der Waals surface area (Å²) < 4.78 is 26.0. The molecule has 0 spiro atoms. The van der Waals surface area contributed by atoms with Crippen LogP contribution in [0.15, 0.2) is 77.7 Å². The van der Waals surface area contributed by atoms with E-state index in [1.165, 1.54) is 6.26 Å². The van der Waals surface area contributed by atoms with Crippen LogP contribution in [0.1, 0.15) is 22.8 Å². The molecule has 0 N–H and O–H groups in total. The summed E-state index contributed by atoms with van der Waals surface area (Å²) in [6.07, 6.45) is 1.84. The van der Waals surface area contributed by atoms with E-state index >= 15 is 0 Å². The third-order valence-corrected chi connectivity index (χ3v) is 6.53. The van der Waals surface area contributed by atoms with Gasteiger partial charge in [-0.2, -0.15) is 0 Å². The molecule has 0 atom stereocenters. The fourth-order valence-corrected chi connectivity index (χ4v) is 4.53. The minimum atomic E-state index is -3.37. The van der Waals surface area contributed by atoms with Crippen molar-refractivity contribution in [2.24, 2.45) is 0 Å². The van der Waals surface area contributed by atoms with Gasteiger partial charge in [0.2, 0.25) is 0 Å². The summed E-state index contributed by atoms with van der Waals surface area (Å²) in [5.74, 6) is -0.192. The topological polar surface area (TPSA) is 56.1 Å². The Labute approximate surface area is 180 Å². The number of benzene rings is 3. The maximum atomic E-state index is 13.6. The van der Waals surface area contributed by atoms with Crippen molar-refractivity contribution >= 4 is 38.2 Å². The number of hydrogen-bond acceptors (Lipinski definition) is 3. The first-order valence-corrected chi connectivity index (χ1v) is 11.8. The molecule has 6 heteroatoms. The van der Waals surface area contributed by atoms with E-state index in [0.717, 1.165) is 22.2 Å². The standard InChI is InChI=1S/C24H20ClNO3S/c1-3-20-21-15-19(30(2,28)29)13-14-22(21)26(23(20)16-7-5-4-6-8-16)24(27)17-9-11-18(25)12-10-17/h4-15H,3H2,1-2H3. The minimum absolute atomic E-state index is 0.192. The van der Waals surface area contributed by atoms with Crippen LogP contribution < -0.4 is 0 Å². The van der Waals surface area contributed by atoms with Gasteiger partial charge >= 0.3 is 0 Å². The molecule has 0 bridgehead atoms.